The molecular weight excluding hydrogens is 434 g/mol. The lowest BCUT2D eigenvalue weighted by molar-refractivity contribution is 0.0956. The highest BCUT2D eigenvalue weighted by molar-refractivity contribution is 7.92. The van der Waals surface area contributed by atoms with Crippen LogP contribution in [0.15, 0.2) is 78.9 Å². The number of nitrogens with one attached hydrogen (secondary N) is 1. The molecule has 0 spiro atoms. The summed E-state index contributed by atoms with van der Waals surface area (Å²) in [6, 6.07) is 25.3. The first-order valence-corrected chi connectivity index (χ1v) is 12.7. The maximum absolute atomic E-state index is 12.8. The smallest absolute Gasteiger partial charge is 0.251 e. The number of fused-ring (bicyclic) bond motifs is 1. The minimum atomic E-state index is -3.49. The average molecular weight is 464 g/mol. The molecule has 4 rings (SSSR count). The molecule has 0 saturated heterocycles. The highest BCUT2D eigenvalue weighted by Crippen LogP contribution is 2.29. The number of hydrogen-bond acceptors (Lipinski definition) is 4. The van der Waals surface area contributed by atoms with Crippen molar-refractivity contribution in [1.29, 1.82) is 0 Å². The lowest BCUT2D eigenvalue weighted by atomic mass is 10.1. The van der Waals surface area contributed by atoms with Crippen LogP contribution < -0.4 is 9.62 Å². The molecule has 0 fully saturated rings. The summed E-state index contributed by atoms with van der Waals surface area (Å²) < 4.78 is 27.1. The van der Waals surface area contributed by atoms with Crippen molar-refractivity contribution in [3.05, 3.63) is 101 Å². The van der Waals surface area contributed by atoms with E-state index in [0.29, 0.717) is 25.1 Å². The first-order chi connectivity index (χ1) is 15.9. The number of carbonyl (C=O) groups excluding carboxylic acids is 1. The van der Waals surface area contributed by atoms with Crippen LogP contribution >= 0.6 is 0 Å². The molecule has 0 atom stereocenters. The van der Waals surface area contributed by atoms with Crippen molar-refractivity contribution in [1.82, 2.24) is 10.2 Å². The van der Waals surface area contributed by atoms with E-state index < -0.39 is 10.0 Å². The number of hydrogen-bond donors (Lipinski definition) is 1. The first-order valence-electron chi connectivity index (χ1n) is 11.1. The number of para-hydroxylation sites is 1. The maximum Gasteiger partial charge on any atom is 0.251 e. The monoisotopic (exact) mass is 463 g/mol. The minimum absolute atomic E-state index is 0.0674. The number of sulfonamides is 1. The number of carbonyl (C=O) groups is 1. The largest absolute Gasteiger partial charge is 0.351 e. The molecule has 1 N–H and O–H groups in total. The molecule has 1 amide bonds. The lowest BCUT2D eigenvalue weighted by Crippen LogP contribution is -2.37. The Bertz CT molecular complexity index is 1210. The summed E-state index contributed by atoms with van der Waals surface area (Å²) in [4.78, 5) is 14.8. The number of amides is 1. The normalized spacial score (nSPS) is 13.2. The van der Waals surface area contributed by atoms with Crippen molar-refractivity contribution in [2.24, 2.45) is 0 Å². The second-order valence-electron chi connectivity index (χ2n) is 8.38. The van der Waals surface area contributed by atoms with E-state index in [1.54, 1.807) is 6.07 Å². The zero-order valence-corrected chi connectivity index (χ0v) is 19.6. The van der Waals surface area contributed by atoms with Gasteiger partial charge in [-0.2, -0.15) is 0 Å². The molecular formula is C26H29N3O3S. The van der Waals surface area contributed by atoms with Crippen LogP contribution in [0.1, 0.15) is 27.0 Å². The summed E-state index contributed by atoms with van der Waals surface area (Å²) in [5.41, 5.74) is 4.58. The van der Waals surface area contributed by atoms with Gasteiger partial charge in [0.05, 0.1) is 11.4 Å². The molecule has 0 aromatic heterocycles. The van der Waals surface area contributed by atoms with Crippen LogP contribution in [0.3, 0.4) is 0 Å². The molecule has 172 valence electrons. The van der Waals surface area contributed by atoms with Crippen LogP contribution in [0.5, 0.6) is 0 Å². The Labute approximate surface area is 195 Å². The number of rotatable bonds is 9. The van der Waals surface area contributed by atoms with Crippen molar-refractivity contribution >= 4 is 21.6 Å². The standard InChI is InChI=1S/C26H29N3O3S/c1-28(19-21-8-3-2-4-9-21)20-22-10-7-12-24(18-22)26(30)27-15-17-33(31,32)29-16-14-23-11-5-6-13-25(23)29/h2-13,18H,14-17,19-20H2,1H3,(H,27,30). The molecule has 0 unspecified atom stereocenters. The minimum Gasteiger partial charge on any atom is -0.351 e. The van der Waals surface area contributed by atoms with Gasteiger partial charge in [-0.3, -0.25) is 14.0 Å². The summed E-state index contributed by atoms with van der Waals surface area (Å²) in [6.07, 6.45) is 0.716. The van der Waals surface area contributed by atoms with Gasteiger partial charge >= 0.3 is 0 Å². The zero-order chi connectivity index (χ0) is 23.3. The third-order valence-corrected chi connectivity index (χ3v) is 7.53. The number of anilines is 1. The molecule has 0 radical (unpaired) electrons. The van der Waals surface area contributed by atoms with Crippen LogP contribution in [0.25, 0.3) is 0 Å². The van der Waals surface area contributed by atoms with Gasteiger partial charge in [-0.05, 0) is 48.4 Å². The van der Waals surface area contributed by atoms with E-state index in [-0.39, 0.29) is 18.2 Å². The van der Waals surface area contributed by atoms with Gasteiger partial charge < -0.3 is 5.32 Å². The predicted molar refractivity (Wildman–Crippen MR) is 132 cm³/mol. The highest BCUT2D eigenvalue weighted by Gasteiger charge is 2.28. The molecule has 33 heavy (non-hydrogen) atoms. The Kier molecular flexibility index (Phi) is 7.11. The molecule has 6 nitrogen and oxygen atoms in total. The van der Waals surface area contributed by atoms with Crippen molar-refractivity contribution in [3.63, 3.8) is 0 Å². The van der Waals surface area contributed by atoms with Crippen molar-refractivity contribution < 1.29 is 13.2 Å². The van der Waals surface area contributed by atoms with Crippen LogP contribution in [0.4, 0.5) is 5.69 Å². The molecule has 3 aromatic rings. The van der Waals surface area contributed by atoms with Gasteiger partial charge in [0, 0.05) is 31.7 Å². The van der Waals surface area contributed by atoms with Crippen LogP contribution in [-0.4, -0.2) is 45.1 Å². The van der Waals surface area contributed by atoms with Gasteiger partial charge in [0.25, 0.3) is 5.91 Å². The van der Waals surface area contributed by atoms with E-state index in [1.165, 1.54) is 9.87 Å². The third-order valence-electron chi connectivity index (χ3n) is 5.76. The molecule has 0 aliphatic carbocycles. The van der Waals surface area contributed by atoms with Crippen LogP contribution in [0.2, 0.25) is 0 Å². The molecule has 7 heteroatoms. The summed E-state index contributed by atoms with van der Waals surface area (Å²) in [5.74, 6) is -0.397. The summed E-state index contributed by atoms with van der Waals surface area (Å²) in [6.45, 7) is 2.04. The molecule has 3 aromatic carbocycles. The maximum atomic E-state index is 12.8. The summed E-state index contributed by atoms with van der Waals surface area (Å²) in [7, 11) is -1.45. The van der Waals surface area contributed by atoms with E-state index in [0.717, 1.165) is 23.4 Å². The Hall–Kier alpha value is -3.16. The summed E-state index contributed by atoms with van der Waals surface area (Å²) >= 11 is 0. The fourth-order valence-corrected chi connectivity index (χ4v) is 5.60. The van der Waals surface area contributed by atoms with Crippen molar-refractivity contribution in [2.75, 3.05) is 30.2 Å². The molecule has 1 aliphatic rings. The van der Waals surface area contributed by atoms with Gasteiger partial charge in [0.2, 0.25) is 10.0 Å². The lowest BCUT2D eigenvalue weighted by Gasteiger charge is -2.19. The third kappa shape index (κ3) is 5.80. The van der Waals surface area contributed by atoms with Gasteiger partial charge in [-0.15, -0.1) is 0 Å². The average Bonchev–Trinajstić information content (AvgIpc) is 3.25. The van der Waals surface area contributed by atoms with E-state index in [1.807, 2.05) is 67.7 Å². The Morgan fingerprint density at radius 1 is 0.939 bits per heavy atom. The topological polar surface area (TPSA) is 69.7 Å². The Morgan fingerprint density at radius 2 is 1.64 bits per heavy atom. The molecule has 0 saturated carbocycles. The predicted octanol–water partition coefficient (Wildman–Crippen LogP) is 3.44. The van der Waals surface area contributed by atoms with Gasteiger partial charge in [0.15, 0.2) is 0 Å². The van der Waals surface area contributed by atoms with Gasteiger partial charge in [0.1, 0.15) is 0 Å². The van der Waals surface area contributed by atoms with Crippen molar-refractivity contribution in [2.45, 2.75) is 19.5 Å². The number of nitrogens with zero attached hydrogens (tertiary/aromatic N) is 2. The second-order valence-corrected chi connectivity index (χ2v) is 10.4. The fourth-order valence-electron chi connectivity index (χ4n) is 4.18. The van der Waals surface area contributed by atoms with Gasteiger partial charge in [-0.1, -0.05) is 60.7 Å². The fraction of sp³-hybridized carbons (Fsp3) is 0.269. The Morgan fingerprint density at radius 3 is 2.45 bits per heavy atom. The van der Waals surface area contributed by atoms with E-state index >= 15 is 0 Å². The SMILES string of the molecule is CN(Cc1ccccc1)Cc1cccc(C(=O)NCCS(=O)(=O)N2CCc3ccccc32)c1. The summed E-state index contributed by atoms with van der Waals surface area (Å²) in [5, 5.41) is 2.76. The highest BCUT2D eigenvalue weighted by atomic mass is 32.2. The van der Waals surface area contributed by atoms with Crippen LogP contribution in [-0.2, 0) is 29.5 Å². The second kappa shape index (κ2) is 10.2. The van der Waals surface area contributed by atoms with E-state index in [4.69, 9.17) is 0 Å². The quantitative estimate of drug-likeness (QED) is 0.528. The van der Waals surface area contributed by atoms with E-state index in [2.05, 4.69) is 22.3 Å². The molecule has 0 bridgehead atoms. The molecule has 1 aliphatic heterocycles. The molecule has 1 heterocycles. The zero-order valence-electron chi connectivity index (χ0n) is 18.8. The van der Waals surface area contributed by atoms with Crippen molar-refractivity contribution in [3.8, 4) is 0 Å². The van der Waals surface area contributed by atoms with Gasteiger partial charge in [-0.25, -0.2) is 8.42 Å². The number of benzene rings is 3. The van der Waals surface area contributed by atoms with Crippen LogP contribution in [0, 0.1) is 0 Å². The van der Waals surface area contributed by atoms with E-state index in [9.17, 15) is 13.2 Å². The first kappa shape index (κ1) is 23.0. The Balaban J connectivity index is 1.31.